The number of methoxy groups -OCH3 is 1. The molecule has 1 fully saturated rings. The monoisotopic (exact) mass is 530 g/mol. The Morgan fingerprint density at radius 2 is 2.03 bits per heavy atom. The summed E-state index contributed by atoms with van der Waals surface area (Å²) < 4.78 is 5.24. The van der Waals surface area contributed by atoms with Crippen molar-refractivity contribution in [1.29, 1.82) is 0 Å². The Kier molecular flexibility index (Phi) is 10.2. The van der Waals surface area contributed by atoms with Crippen molar-refractivity contribution < 1.29 is 9.84 Å². The molecule has 8 heteroatoms. The van der Waals surface area contributed by atoms with Crippen LogP contribution in [0.25, 0.3) is 0 Å². The molecular weight excluding hydrogens is 499 g/mol. The first-order chi connectivity index (χ1) is 13.7. The average Bonchev–Trinajstić information content (AvgIpc) is 3.24. The van der Waals surface area contributed by atoms with E-state index in [4.69, 9.17) is 9.73 Å². The van der Waals surface area contributed by atoms with E-state index >= 15 is 0 Å². The van der Waals surface area contributed by atoms with Crippen LogP contribution in [-0.4, -0.2) is 67.2 Å². The second kappa shape index (κ2) is 12.4. The van der Waals surface area contributed by atoms with Crippen LogP contribution in [0.5, 0.6) is 5.75 Å². The van der Waals surface area contributed by atoms with Crippen LogP contribution in [0.15, 0.2) is 46.8 Å². The number of halogens is 1. The third-order valence-electron chi connectivity index (χ3n) is 4.86. The normalized spacial score (nSPS) is 16.2. The molecule has 0 radical (unpaired) electrons. The molecule has 2 aromatic rings. The molecule has 29 heavy (non-hydrogen) atoms. The molecule has 1 aromatic heterocycles. The van der Waals surface area contributed by atoms with Crippen LogP contribution in [0.1, 0.15) is 23.5 Å². The zero-order valence-electron chi connectivity index (χ0n) is 17.1. The summed E-state index contributed by atoms with van der Waals surface area (Å²) in [5, 5.41) is 16.0. The van der Waals surface area contributed by atoms with E-state index in [0.29, 0.717) is 6.54 Å². The number of guanidine groups is 1. The topological polar surface area (TPSA) is 60.3 Å². The van der Waals surface area contributed by atoms with Crippen LogP contribution < -0.4 is 10.1 Å². The number of aliphatic imine (C=N–C) groups is 1. The number of nitrogens with one attached hydrogen (secondary N) is 1. The van der Waals surface area contributed by atoms with E-state index in [0.717, 1.165) is 56.5 Å². The minimum absolute atomic E-state index is 0. The number of piperazine rings is 1. The highest BCUT2D eigenvalue weighted by atomic mass is 127. The number of aliphatic hydroxyl groups is 1. The maximum Gasteiger partial charge on any atom is 0.194 e. The van der Waals surface area contributed by atoms with Gasteiger partial charge in [0, 0.05) is 44.1 Å². The van der Waals surface area contributed by atoms with E-state index in [1.807, 2.05) is 35.6 Å². The van der Waals surface area contributed by atoms with Gasteiger partial charge < -0.3 is 20.1 Å². The van der Waals surface area contributed by atoms with E-state index in [1.165, 1.54) is 4.88 Å². The number of thiophene rings is 1. The van der Waals surface area contributed by atoms with E-state index in [1.54, 1.807) is 7.11 Å². The summed E-state index contributed by atoms with van der Waals surface area (Å²) in [5.74, 6) is 1.62. The van der Waals surface area contributed by atoms with Gasteiger partial charge in [-0.1, -0.05) is 18.2 Å². The summed E-state index contributed by atoms with van der Waals surface area (Å²) in [7, 11) is 1.63. The van der Waals surface area contributed by atoms with Crippen molar-refractivity contribution >= 4 is 41.3 Å². The Morgan fingerprint density at radius 1 is 1.24 bits per heavy atom. The predicted molar refractivity (Wildman–Crippen MR) is 131 cm³/mol. The minimum Gasteiger partial charge on any atom is -0.497 e. The van der Waals surface area contributed by atoms with E-state index in [9.17, 15) is 5.11 Å². The molecule has 1 aromatic carbocycles. The molecule has 0 bridgehead atoms. The van der Waals surface area contributed by atoms with Gasteiger partial charge in [-0.3, -0.25) is 9.89 Å². The molecule has 2 N–H and O–H groups in total. The van der Waals surface area contributed by atoms with Gasteiger partial charge in [0.15, 0.2) is 5.96 Å². The largest absolute Gasteiger partial charge is 0.497 e. The fourth-order valence-corrected chi connectivity index (χ4v) is 4.04. The number of aliphatic hydroxyl groups excluding tert-OH is 1. The average molecular weight is 530 g/mol. The Hall–Kier alpha value is -1.36. The number of benzene rings is 1. The maximum atomic E-state index is 10.5. The van der Waals surface area contributed by atoms with E-state index < -0.39 is 6.10 Å². The molecule has 6 nitrogen and oxygen atoms in total. The van der Waals surface area contributed by atoms with Crippen molar-refractivity contribution in [1.82, 2.24) is 15.1 Å². The minimum atomic E-state index is -0.649. The van der Waals surface area contributed by atoms with E-state index in [2.05, 4.69) is 39.6 Å². The highest BCUT2D eigenvalue weighted by molar-refractivity contribution is 14.0. The lowest BCUT2D eigenvalue weighted by Gasteiger charge is -2.36. The Balaban J connectivity index is 0.00000300. The highest BCUT2D eigenvalue weighted by Crippen LogP contribution is 2.19. The standard InChI is InChI=1S/C21H30N4O2S.HI/c1-3-22-21(23-15-20(26)17-6-4-7-18(14-17)27-2)25-11-9-24(10-12-25)16-19-8-5-13-28-19;/h4-8,13-14,20,26H,3,9-12,15-16H2,1-2H3,(H,22,23);1H. The Labute approximate surface area is 194 Å². The van der Waals surface area contributed by atoms with Crippen molar-refractivity contribution in [2.75, 3.05) is 46.4 Å². The van der Waals surface area contributed by atoms with Gasteiger partial charge in [-0.05, 0) is 36.1 Å². The summed E-state index contributed by atoms with van der Waals surface area (Å²) in [6.45, 7) is 8.13. The van der Waals surface area contributed by atoms with Crippen LogP contribution in [-0.2, 0) is 6.54 Å². The van der Waals surface area contributed by atoms with Gasteiger partial charge in [0.1, 0.15) is 5.75 Å². The maximum absolute atomic E-state index is 10.5. The zero-order valence-corrected chi connectivity index (χ0v) is 20.2. The molecule has 1 aliphatic heterocycles. The van der Waals surface area contributed by atoms with Crippen molar-refractivity contribution in [3.05, 3.63) is 52.2 Å². The van der Waals surface area contributed by atoms with Crippen molar-refractivity contribution in [3.63, 3.8) is 0 Å². The van der Waals surface area contributed by atoms with Crippen molar-refractivity contribution in [3.8, 4) is 5.75 Å². The summed E-state index contributed by atoms with van der Waals surface area (Å²) in [6.07, 6.45) is -0.649. The van der Waals surface area contributed by atoms with Gasteiger partial charge in [0.25, 0.3) is 0 Å². The van der Waals surface area contributed by atoms with Crippen LogP contribution in [0.2, 0.25) is 0 Å². The number of nitrogens with zero attached hydrogens (tertiary/aromatic N) is 3. The van der Waals surface area contributed by atoms with Crippen molar-refractivity contribution in [2.45, 2.75) is 19.6 Å². The number of hydrogen-bond donors (Lipinski definition) is 2. The lowest BCUT2D eigenvalue weighted by atomic mass is 10.1. The van der Waals surface area contributed by atoms with E-state index in [-0.39, 0.29) is 24.0 Å². The van der Waals surface area contributed by atoms with Crippen LogP contribution in [0.3, 0.4) is 0 Å². The van der Waals surface area contributed by atoms with Gasteiger partial charge in [0.2, 0.25) is 0 Å². The van der Waals surface area contributed by atoms with Crippen LogP contribution in [0, 0.1) is 0 Å². The van der Waals surface area contributed by atoms with Crippen molar-refractivity contribution in [2.24, 2.45) is 4.99 Å². The molecule has 0 spiro atoms. The molecule has 0 saturated carbocycles. The first-order valence-electron chi connectivity index (χ1n) is 9.79. The second-order valence-electron chi connectivity index (χ2n) is 6.83. The molecule has 3 rings (SSSR count). The molecule has 1 saturated heterocycles. The molecule has 2 heterocycles. The third-order valence-corrected chi connectivity index (χ3v) is 5.72. The van der Waals surface area contributed by atoms with Gasteiger partial charge in [-0.15, -0.1) is 35.3 Å². The fraction of sp³-hybridized carbons (Fsp3) is 0.476. The van der Waals surface area contributed by atoms with Crippen LogP contribution in [0.4, 0.5) is 0 Å². The summed E-state index contributed by atoms with van der Waals surface area (Å²) >= 11 is 1.82. The number of ether oxygens (including phenoxy) is 1. The van der Waals surface area contributed by atoms with Gasteiger partial charge in [0.05, 0.1) is 19.8 Å². The Morgan fingerprint density at radius 3 is 2.69 bits per heavy atom. The second-order valence-corrected chi connectivity index (χ2v) is 7.86. The summed E-state index contributed by atoms with van der Waals surface area (Å²) in [4.78, 5) is 10.9. The molecular formula is C21H31IN4O2S. The summed E-state index contributed by atoms with van der Waals surface area (Å²) in [5.41, 5.74) is 0.819. The number of rotatable bonds is 7. The molecule has 0 amide bonds. The van der Waals surface area contributed by atoms with Crippen LogP contribution >= 0.6 is 35.3 Å². The predicted octanol–water partition coefficient (Wildman–Crippen LogP) is 3.19. The molecule has 1 unspecified atom stereocenters. The SMILES string of the molecule is CCNC(=NCC(O)c1cccc(OC)c1)N1CCN(Cc2cccs2)CC1.I. The highest BCUT2D eigenvalue weighted by Gasteiger charge is 2.20. The first-order valence-corrected chi connectivity index (χ1v) is 10.7. The lowest BCUT2D eigenvalue weighted by Crippen LogP contribution is -2.52. The fourth-order valence-electron chi connectivity index (χ4n) is 3.29. The lowest BCUT2D eigenvalue weighted by molar-refractivity contribution is 0.170. The first kappa shape index (κ1) is 23.9. The smallest absolute Gasteiger partial charge is 0.194 e. The van der Waals surface area contributed by atoms with Gasteiger partial charge >= 0.3 is 0 Å². The van der Waals surface area contributed by atoms with Gasteiger partial charge in [-0.25, -0.2) is 0 Å². The zero-order chi connectivity index (χ0) is 19.8. The molecule has 0 aliphatic carbocycles. The number of hydrogen-bond acceptors (Lipinski definition) is 5. The molecule has 160 valence electrons. The third kappa shape index (κ3) is 7.13. The molecule has 1 aliphatic rings. The van der Waals surface area contributed by atoms with Gasteiger partial charge in [-0.2, -0.15) is 0 Å². The summed E-state index contributed by atoms with van der Waals surface area (Å²) in [6, 6.07) is 11.8. The Bertz CT molecular complexity index is 749. The quantitative estimate of drug-likeness (QED) is 0.327. The molecule has 1 atom stereocenters.